The van der Waals surface area contributed by atoms with Crippen molar-refractivity contribution in [2.45, 2.75) is 57.3 Å². The van der Waals surface area contributed by atoms with Gasteiger partial charge in [0.2, 0.25) is 11.8 Å². The monoisotopic (exact) mass is 955 g/mol. The first-order chi connectivity index (χ1) is 28.9. The molecule has 0 spiro atoms. The first-order valence-corrected chi connectivity index (χ1v) is 23.4. The summed E-state index contributed by atoms with van der Waals surface area (Å²) in [7, 11) is -16.5. The van der Waals surface area contributed by atoms with Gasteiger partial charge in [-0.05, 0) is 23.8 Å². The number of phosphoric acid groups is 3. The van der Waals surface area contributed by atoms with Crippen molar-refractivity contribution < 1.29 is 90.4 Å². The fraction of sp³-hybridized carbons (Fsp3) is 0.469. The molecule has 3 heterocycles. The van der Waals surface area contributed by atoms with E-state index in [4.69, 9.17) is 19.5 Å². The number of phenolic OH excluding ortho intramolecular Hbond substituents is 1. The highest BCUT2D eigenvalue weighted by Gasteiger charge is 2.50. The minimum atomic E-state index is -5.60. The number of aromatic hydroxyl groups is 1. The maximum Gasteiger partial charge on any atom is 0.481 e. The van der Waals surface area contributed by atoms with E-state index >= 15 is 0 Å². The maximum absolute atomic E-state index is 12.7. The van der Waals surface area contributed by atoms with E-state index in [-0.39, 0.29) is 54.4 Å². The van der Waals surface area contributed by atoms with Gasteiger partial charge in [0.15, 0.2) is 28.6 Å². The zero-order valence-electron chi connectivity index (χ0n) is 32.6. The number of carbonyl (C=O) groups excluding carboxylic acids is 4. The summed E-state index contributed by atoms with van der Waals surface area (Å²) in [6.45, 7) is 0.175. The zero-order chi connectivity index (χ0) is 46.0. The van der Waals surface area contributed by atoms with Gasteiger partial charge in [-0.15, -0.1) is 0 Å². The Balaban J connectivity index is 1.18. The molecule has 26 nitrogen and oxygen atoms in total. The highest BCUT2D eigenvalue weighted by Crippen LogP contribution is 2.61. The number of rotatable bonds is 23. The van der Waals surface area contributed by atoms with Crippen LogP contribution >= 0.6 is 35.2 Å². The number of anilines is 1. The second kappa shape index (κ2) is 21.6. The number of phenols is 1. The average Bonchev–Trinajstić information content (AvgIpc) is 3.74. The summed E-state index contributed by atoms with van der Waals surface area (Å²) in [5, 5.41) is 35.2. The number of aliphatic hydroxyl groups is 2. The minimum absolute atomic E-state index is 0.0182. The van der Waals surface area contributed by atoms with Gasteiger partial charge in [-0.3, -0.25) is 37.3 Å². The second-order valence-corrected chi connectivity index (χ2v) is 19.2. The Labute approximate surface area is 355 Å². The Kier molecular flexibility index (Phi) is 17.6. The number of hydrogen-bond donors (Lipinski definition) is 10. The summed E-state index contributed by atoms with van der Waals surface area (Å²) in [4.78, 5) is 99.9. The van der Waals surface area contributed by atoms with Gasteiger partial charge in [-0.1, -0.05) is 43.8 Å². The number of allylic oxidation sites excluding steroid dienone is 1. The molecule has 342 valence electrons. The predicted octanol–water partition coefficient (Wildman–Crippen LogP) is 0.0429. The van der Waals surface area contributed by atoms with Gasteiger partial charge in [0.25, 0.3) is 0 Å². The molecule has 2 aromatic heterocycles. The quantitative estimate of drug-likeness (QED) is 0.0260. The van der Waals surface area contributed by atoms with Crippen LogP contribution in [0.2, 0.25) is 0 Å². The van der Waals surface area contributed by atoms with Crippen molar-refractivity contribution >= 4 is 81.0 Å². The van der Waals surface area contributed by atoms with Gasteiger partial charge in [0.05, 0.1) is 26.0 Å². The third kappa shape index (κ3) is 15.4. The summed E-state index contributed by atoms with van der Waals surface area (Å²) in [6.07, 6.45) is -4.75. The molecule has 1 aliphatic heterocycles. The number of amides is 2. The normalized spacial score (nSPS) is 20.7. The smallest absolute Gasteiger partial charge is 0.481 e. The fourth-order valence-corrected chi connectivity index (χ4v) is 8.83. The molecule has 0 saturated carbocycles. The van der Waals surface area contributed by atoms with Gasteiger partial charge < -0.3 is 56.0 Å². The number of ketones is 1. The van der Waals surface area contributed by atoms with E-state index in [1.807, 2.05) is 0 Å². The van der Waals surface area contributed by atoms with Crippen LogP contribution in [-0.4, -0.2) is 134 Å². The molecule has 62 heavy (non-hydrogen) atoms. The molecule has 11 N–H and O–H groups in total. The topological polar surface area (TPSA) is 401 Å². The van der Waals surface area contributed by atoms with Crippen LogP contribution in [0, 0.1) is 5.41 Å². The van der Waals surface area contributed by atoms with Crippen LogP contribution < -0.4 is 16.4 Å². The molecule has 7 atom stereocenters. The van der Waals surface area contributed by atoms with E-state index in [1.54, 1.807) is 12.1 Å². The minimum Gasteiger partial charge on any atom is -0.508 e. The van der Waals surface area contributed by atoms with Crippen LogP contribution in [0.5, 0.6) is 5.75 Å². The number of thioether (sulfide) groups is 1. The maximum atomic E-state index is 12.7. The lowest BCUT2D eigenvalue weighted by Crippen LogP contribution is -2.46. The van der Waals surface area contributed by atoms with Crippen LogP contribution in [0.15, 0.2) is 43.0 Å². The molecule has 1 saturated heterocycles. The van der Waals surface area contributed by atoms with Crippen molar-refractivity contribution in [1.29, 1.82) is 0 Å². The van der Waals surface area contributed by atoms with Gasteiger partial charge in [-0.25, -0.2) is 28.6 Å². The molecule has 0 bridgehead atoms. The highest BCUT2D eigenvalue weighted by atomic mass is 32.2. The summed E-state index contributed by atoms with van der Waals surface area (Å²) < 4.78 is 62.2. The molecule has 2 amide bonds. The van der Waals surface area contributed by atoms with Crippen LogP contribution in [0.3, 0.4) is 0 Å². The van der Waals surface area contributed by atoms with Crippen molar-refractivity contribution in [2.24, 2.45) is 5.41 Å². The second-order valence-electron chi connectivity index (χ2n) is 13.9. The summed E-state index contributed by atoms with van der Waals surface area (Å²) in [5.41, 5.74) is 4.85. The Bertz CT molecular complexity index is 2260. The van der Waals surface area contributed by atoms with Crippen molar-refractivity contribution in [3.63, 3.8) is 0 Å². The number of nitrogens with zero attached hydrogens (tertiary/aromatic N) is 4. The molecular weight excluding hydrogens is 911 g/mol. The fourth-order valence-electron chi connectivity index (χ4n) is 5.32. The largest absolute Gasteiger partial charge is 0.508 e. The van der Waals surface area contributed by atoms with Gasteiger partial charge in [0.1, 0.15) is 42.0 Å². The number of imidazole rings is 1. The standard InChI is InChI=1S/C32H44N7O19P3S/c1-32(2,27(45)30(46)35-10-9-22(42)34-11-12-62-23(43)13-20(41)8-5-18-3-6-19(40)7-4-18)15-55-61(52,53)58-60(50,51)54-14-21-26(57-59(47,48)49)25(44)31(56-21)39-17-38-24-28(33)36-16-37-29(24)39/h3-8,16-17,21,25-27,31,40,44-45H,9-15H2,1-2H3,(H,34,42)(H,35,46)(H,50,51)(H,52,53)(H2,33,36,37)(H2,47,48,49)/b8-5+/t21-,25-,26-,27+,31-/m1/s1. The van der Waals surface area contributed by atoms with Crippen LogP contribution in [0.4, 0.5) is 5.82 Å². The third-order valence-electron chi connectivity index (χ3n) is 8.44. The average molecular weight is 956 g/mol. The molecule has 1 aliphatic rings. The number of fused-ring (bicyclic) bond motifs is 1. The molecule has 2 unspecified atom stereocenters. The van der Waals surface area contributed by atoms with E-state index < -0.39 is 95.5 Å². The number of aliphatic hydroxyl groups excluding tert-OH is 2. The molecule has 3 aromatic rings. The lowest BCUT2D eigenvalue weighted by Gasteiger charge is -2.30. The Morgan fingerprint density at radius 1 is 1.02 bits per heavy atom. The number of nitrogen functional groups attached to an aromatic ring is 1. The number of benzene rings is 1. The number of hydrogen-bond acceptors (Lipinski definition) is 20. The lowest BCUT2D eigenvalue weighted by atomic mass is 9.87. The van der Waals surface area contributed by atoms with Crippen molar-refractivity contribution in [2.75, 3.05) is 37.8 Å². The van der Waals surface area contributed by atoms with Crippen molar-refractivity contribution in [3.05, 3.63) is 48.6 Å². The van der Waals surface area contributed by atoms with E-state index in [0.717, 1.165) is 29.0 Å². The number of aromatic nitrogens is 4. The van der Waals surface area contributed by atoms with Crippen molar-refractivity contribution in [3.8, 4) is 5.75 Å². The molecule has 30 heteroatoms. The molecule has 4 rings (SSSR count). The zero-order valence-corrected chi connectivity index (χ0v) is 36.1. The Morgan fingerprint density at radius 2 is 1.69 bits per heavy atom. The van der Waals surface area contributed by atoms with Crippen LogP contribution in [0.25, 0.3) is 17.2 Å². The Hall–Kier alpha value is -4.01. The van der Waals surface area contributed by atoms with E-state index in [0.29, 0.717) is 5.56 Å². The van der Waals surface area contributed by atoms with Crippen LogP contribution in [0.1, 0.15) is 38.5 Å². The van der Waals surface area contributed by atoms with Gasteiger partial charge in [0, 0.05) is 30.7 Å². The predicted molar refractivity (Wildman–Crippen MR) is 214 cm³/mol. The number of nitrogens with two attached hydrogens (primary N) is 1. The molecule has 0 radical (unpaired) electrons. The summed E-state index contributed by atoms with van der Waals surface area (Å²) >= 11 is 0.834. The van der Waals surface area contributed by atoms with Gasteiger partial charge >= 0.3 is 23.5 Å². The Morgan fingerprint density at radius 3 is 2.37 bits per heavy atom. The van der Waals surface area contributed by atoms with E-state index in [1.165, 1.54) is 38.1 Å². The lowest BCUT2D eigenvalue weighted by molar-refractivity contribution is -0.137. The molecule has 0 aliphatic carbocycles. The number of nitrogens with one attached hydrogen (secondary N) is 2. The van der Waals surface area contributed by atoms with Gasteiger partial charge in [-0.2, -0.15) is 4.31 Å². The number of carbonyl (C=O) groups is 4. The highest BCUT2D eigenvalue weighted by molar-refractivity contribution is 8.13. The van der Waals surface area contributed by atoms with Crippen molar-refractivity contribution in [1.82, 2.24) is 30.2 Å². The van der Waals surface area contributed by atoms with Crippen LogP contribution in [-0.2, 0) is 55.5 Å². The molecular formula is C32H44N7O19P3S. The summed E-state index contributed by atoms with van der Waals surface area (Å²) in [6, 6.07) is 6.08. The van der Waals surface area contributed by atoms with E-state index in [9.17, 15) is 67.8 Å². The third-order valence-corrected chi connectivity index (χ3v) is 12.4. The summed E-state index contributed by atoms with van der Waals surface area (Å²) in [5.74, 6) is -1.81. The first kappa shape index (κ1) is 50.6. The molecule has 1 fully saturated rings. The first-order valence-electron chi connectivity index (χ1n) is 17.9. The number of phosphoric ester groups is 3. The van der Waals surface area contributed by atoms with E-state index in [2.05, 4.69) is 34.4 Å². The SMILES string of the molecule is CC(C)(COP(=O)(O)OP(=O)(O)OC[C@H]1O[C@@H](n2cnc3c(N)ncnc32)[C@H](O)[C@@H]1OP(=O)(O)O)[C@@H](O)C(=O)NCCC(=O)NCCSC(=O)CC(=O)/C=C/c1ccc(O)cc1. The molecule has 1 aromatic carbocycles. The number of ether oxygens (including phenoxy) is 1.